The van der Waals surface area contributed by atoms with Crippen molar-refractivity contribution in [2.45, 2.75) is 26.2 Å². The Balaban J connectivity index is 2.25. The number of carbonyl (C=O) groups is 1. The van der Waals surface area contributed by atoms with Crippen LogP contribution in [0, 0.1) is 12.8 Å². The third-order valence-corrected chi connectivity index (χ3v) is 3.52. The van der Waals surface area contributed by atoms with E-state index in [0.717, 1.165) is 6.54 Å². The maximum Gasteiger partial charge on any atom is 0.341 e. The van der Waals surface area contributed by atoms with Gasteiger partial charge in [0, 0.05) is 20.6 Å². The van der Waals surface area contributed by atoms with Crippen molar-refractivity contribution in [2.75, 3.05) is 18.5 Å². The molecule has 17 heavy (non-hydrogen) atoms. The lowest BCUT2D eigenvalue weighted by atomic mass is 9.85. The molecule has 1 heterocycles. The van der Waals surface area contributed by atoms with E-state index in [-0.39, 0.29) is 0 Å². The number of aromatic carboxylic acids is 1. The van der Waals surface area contributed by atoms with Gasteiger partial charge in [-0.05, 0) is 25.7 Å². The van der Waals surface area contributed by atoms with Gasteiger partial charge < -0.3 is 10.0 Å². The molecule has 1 aliphatic rings. The van der Waals surface area contributed by atoms with E-state index in [2.05, 4.69) is 5.10 Å². The van der Waals surface area contributed by atoms with Gasteiger partial charge in [0.15, 0.2) is 0 Å². The van der Waals surface area contributed by atoms with Crippen molar-refractivity contribution in [3.8, 4) is 0 Å². The Kier molecular flexibility index (Phi) is 3.09. The highest BCUT2D eigenvalue weighted by Gasteiger charge is 2.25. The number of aryl methyl sites for hydroxylation is 2. The number of rotatable bonds is 4. The minimum Gasteiger partial charge on any atom is -0.477 e. The molecule has 0 atom stereocenters. The van der Waals surface area contributed by atoms with Crippen LogP contribution < -0.4 is 4.90 Å². The first-order valence-electron chi connectivity index (χ1n) is 5.98. The SMILES string of the molecule is Cc1nn(C)c(N(C)CC2CCC2)c1C(=O)O. The van der Waals surface area contributed by atoms with Crippen LogP contribution in [0.5, 0.6) is 0 Å². The molecule has 0 radical (unpaired) electrons. The Morgan fingerprint density at radius 3 is 2.71 bits per heavy atom. The standard InChI is InChI=1S/C12H19N3O2/c1-8-10(12(16)17)11(15(3)13-8)14(2)7-9-5-4-6-9/h9H,4-7H2,1-3H3,(H,16,17). The number of anilines is 1. The van der Waals surface area contributed by atoms with Gasteiger partial charge in [0.05, 0.1) is 5.69 Å². The fourth-order valence-electron chi connectivity index (χ4n) is 2.48. The first-order chi connectivity index (χ1) is 8.00. The molecule has 0 aliphatic heterocycles. The van der Waals surface area contributed by atoms with Gasteiger partial charge >= 0.3 is 5.97 Å². The summed E-state index contributed by atoms with van der Waals surface area (Å²) in [7, 11) is 3.74. The fourth-order valence-corrected chi connectivity index (χ4v) is 2.48. The molecule has 1 saturated carbocycles. The van der Waals surface area contributed by atoms with Crippen LogP contribution in [0.2, 0.25) is 0 Å². The Bertz CT molecular complexity index is 435. The minimum absolute atomic E-state index is 0.328. The van der Waals surface area contributed by atoms with Crippen LogP contribution in [0.25, 0.3) is 0 Å². The monoisotopic (exact) mass is 237 g/mol. The van der Waals surface area contributed by atoms with E-state index in [1.807, 2.05) is 11.9 Å². The summed E-state index contributed by atoms with van der Waals surface area (Å²) >= 11 is 0. The summed E-state index contributed by atoms with van der Waals surface area (Å²) in [6.07, 6.45) is 3.81. The van der Waals surface area contributed by atoms with Gasteiger partial charge in [0.1, 0.15) is 11.4 Å². The predicted molar refractivity (Wildman–Crippen MR) is 65.5 cm³/mol. The molecule has 1 fully saturated rings. The smallest absolute Gasteiger partial charge is 0.341 e. The predicted octanol–water partition coefficient (Wildman–Crippen LogP) is 1.66. The lowest BCUT2D eigenvalue weighted by Gasteiger charge is -2.31. The Morgan fingerprint density at radius 2 is 2.24 bits per heavy atom. The second kappa shape index (κ2) is 4.39. The van der Waals surface area contributed by atoms with Gasteiger partial charge in [-0.15, -0.1) is 0 Å². The highest BCUT2D eigenvalue weighted by molar-refractivity contribution is 5.94. The molecule has 5 heteroatoms. The average molecular weight is 237 g/mol. The third kappa shape index (κ3) is 2.14. The van der Waals surface area contributed by atoms with Crippen molar-refractivity contribution in [3.05, 3.63) is 11.3 Å². The molecule has 1 N–H and O–H groups in total. The molecule has 0 saturated heterocycles. The third-order valence-electron chi connectivity index (χ3n) is 3.52. The first-order valence-corrected chi connectivity index (χ1v) is 5.98. The van der Waals surface area contributed by atoms with Crippen molar-refractivity contribution in [3.63, 3.8) is 0 Å². The van der Waals surface area contributed by atoms with Crippen molar-refractivity contribution in [2.24, 2.45) is 13.0 Å². The van der Waals surface area contributed by atoms with Crippen LogP contribution in [0.4, 0.5) is 5.82 Å². The van der Waals surface area contributed by atoms with Crippen molar-refractivity contribution < 1.29 is 9.90 Å². The number of hydrogen-bond acceptors (Lipinski definition) is 3. The normalized spacial score (nSPS) is 15.7. The number of hydrogen-bond donors (Lipinski definition) is 1. The zero-order valence-corrected chi connectivity index (χ0v) is 10.6. The number of carboxylic acid groups (broad SMARTS) is 1. The molecule has 5 nitrogen and oxygen atoms in total. The lowest BCUT2D eigenvalue weighted by molar-refractivity contribution is 0.0696. The van der Waals surface area contributed by atoms with E-state index in [0.29, 0.717) is 23.0 Å². The maximum absolute atomic E-state index is 11.2. The Hall–Kier alpha value is -1.52. The van der Waals surface area contributed by atoms with E-state index >= 15 is 0 Å². The van der Waals surface area contributed by atoms with E-state index in [1.54, 1.807) is 18.7 Å². The van der Waals surface area contributed by atoms with E-state index in [1.165, 1.54) is 19.3 Å². The summed E-state index contributed by atoms with van der Waals surface area (Å²) in [5.41, 5.74) is 0.907. The van der Waals surface area contributed by atoms with E-state index in [4.69, 9.17) is 0 Å². The number of nitrogens with zero attached hydrogens (tertiary/aromatic N) is 3. The molecule has 94 valence electrons. The van der Waals surface area contributed by atoms with Crippen LogP contribution in [0.15, 0.2) is 0 Å². The van der Waals surface area contributed by atoms with Gasteiger partial charge in [-0.25, -0.2) is 4.79 Å². The molecule has 0 bridgehead atoms. The second-order valence-corrected chi connectivity index (χ2v) is 4.89. The Morgan fingerprint density at radius 1 is 1.59 bits per heavy atom. The van der Waals surface area contributed by atoms with Gasteiger partial charge in [0.2, 0.25) is 0 Å². The van der Waals surface area contributed by atoms with E-state index in [9.17, 15) is 9.90 Å². The maximum atomic E-state index is 11.2. The molecule has 0 spiro atoms. The molecule has 0 amide bonds. The molecule has 0 unspecified atom stereocenters. The zero-order chi connectivity index (χ0) is 12.6. The summed E-state index contributed by atoms with van der Waals surface area (Å²) in [6, 6.07) is 0. The van der Waals surface area contributed by atoms with Gasteiger partial charge in [-0.1, -0.05) is 6.42 Å². The highest BCUT2D eigenvalue weighted by Crippen LogP contribution is 2.30. The molecule has 2 rings (SSSR count). The average Bonchev–Trinajstić information content (AvgIpc) is 2.47. The first kappa shape index (κ1) is 12.0. The van der Waals surface area contributed by atoms with Crippen LogP contribution in [0.3, 0.4) is 0 Å². The number of aromatic nitrogens is 2. The van der Waals surface area contributed by atoms with Crippen molar-refractivity contribution in [1.82, 2.24) is 9.78 Å². The molecular formula is C12H19N3O2. The lowest BCUT2D eigenvalue weighted by Crippen LogP contribution is -2.31. The largest absolute Gasteiger partial charge is 0.477 e. The molecule has 1 aliphatic carbocycles. The summed E-state index contributed by atoms with van der Waals surface area (Å²) in [5.74, 6) is 0.518. The van der Waals surface area contributed by atoms with E-state index < -0.39 is 5.97 Å². The van der Waals surface area contributed by atoms with Crippen LogP contribution >= 0.6 is 0 Å². The van der Waals surface area contributed by atoms with Crippen LogP contribution in [-0.4, -0.2) is 34.4 Å². The highest BCUT2D eigenvalue weighted by atomic mass is 16.4. The topological polar surface area (TPSA) is 58.4 Å². The van der Waals surface area contributed by atoms with Gasteiger partial charge in [-0.3, -0.25) is 4.68 Å². The summed E-state index contributed by atoms with van der Waals surface area (Å²) < 4.78 is 1.66. The molecule has 0 aromatic carbocycles. The molecular weight excluding hydrogens is 218 g/mol. The van der Waals surface area contributed by atoms with Gasteiger partial charge in [0.25, 0.3) is 0 Å². The molecule has 1 aromatic rings. The van der Waals surface area contributed by atoms with Crippen molar-refractivity contribution >= 4 is 11.8 Å². The summed E-state index contributed by atoms with van der Waals surface area (Å²) in [4.78, 5) is 13.3. The molecule has 1 aromatic heterocycles. The zero-order valence-electron chi connectivity index (χ0n) is 10.6. The van der Waals surface area contributed by atoms with Crippen LogP contribution in [0.1, 0.15) is 35.3 Å². The summed E-state index contributed by atoms with van der Waals surface area (Å²) in [6.45, 7) is 2.66. The Labute approximate surface area is 101 Å². The van der Waals surface area contributed by atoms with Gasteiger partial charge in [-0.2, -0.15) is 5.10 Å². The van der Waals surface area contributed by atoms with Crippen LogP contribution in [-0.2, 0) is 7.05 Å². The fraction of sp³-hybridized carbons (Fsp3) is 0.667. The number of carboxylic acids is 1. The second-order valence-electron chi connectivity index (χ2n) is 4.89. The minimum atomic E-state index is -0.897. The van der Waals surface area contributed by atoms with Crippen molar-refractivity contribution in [1.29, 1.82) is 0 Å². The quantitative estimate of drug-likeness (QED) is 0.865. The summed E-state index contributed by atoms with van der Waals surface area (Å²) in [5, 5.41) is 13.4.